The number of furan rings is 1. The fraction of sp³-hybridized carbons (Fsp3) is 0.0175. The van der Waals surface area contributed by atoms with Gasteiger partial charge >= 0.3 is 0 Å². The fourth-order valence-electron chi connectivity index (χ4n) is 10.1. The predicted molar refractivity (Wildman–Crippen MR) is 253 cm³/mol. The van der Waals surface area contributed by atoms with E-state index in [9.17, 15) is 0 Å². The molecule has 1 aliphatic carbocycles. The highest BCUT2D eigenvalue weighted by Gasteiger charge is 2.46. The Morgan fingerprint density at radius 1 is 0.410 bits per heavy atom. The minimum absolute atomic E-state index is 0.434. The van der Waals surface area contributed by atoms with Crippen LogP contribution in [0.5, 0.6) is 0 Å². The van der Waals surface area contributed by atoms with Gasteiger partial charge < -0.3 is 4.42 Å². The molecule has 284 valence electrons. The highest BCUT2D eigenvalue weighted by atomic mass is 32.1. The van der Waals surface area contributed by atoms with Gasteiger partial charge in [0.05, 0.1) is 16.8 Å². The molecule has 4 heteroatoms. The zero-order valence-corrected chi connectivity index (χ0v) is 33.7. The van der Waals surface area contributed by atoms with Gasteiger partial charge in [-0.1, -0.05) is 164 Å². The van der Waals surface area contributed by atoms with Crippen LogP contribution in [-0.4, -0.2) is 9.97 Å². The number of thiophene rings is 1. The number of para-hydroxylation sites is 1. The van der Waals surface area contributed by atoms with Crippen LogP contribution in [0.4, 0.5) is 0 Å². The quantitative estimate of drug-likeness (QED) is 0.174. The molecule has 0 fully saturated rings. The molecule has 1 aliphatic rings. The molecule has 9 aromatic carbocycles. The van der Waals surface area contributed by atoms with E-state index >= 15 is 0 Å². The summed E-state index contributed by atoms with van der Waals surface area (Å²) in [6.07, 6.45) is 0. The van der Waals surface area contributed by atoms with E-state index < -0.39 is 5.41 Å². The molecule has 0 bridgehead atoms. The topological polar surface area (TPSA) is 38.9 Å². The molecule has 12 aromatic rings. The van der Waals surface area contributed by atoms with Crippen LogP contribution in [-0.2, 0) is 5.41 Å². The van der Waals surface area contributed by atoms with Crippen molar-refractivity contribution < 1.29 is 4.42 Å². The van der Waals surface area contributed by atoms with Crippen LogP contribution >= 0.6 is 11.3 Å². The van der Waals surface area contributed by atoms with Crippen molar-refractivity contribution in [3.05, 3.63) is 229 Å². The average Bonchev–Trinajstić information content (AvgIpc) is 3.99. The number of nitrogens with zero attached hydrogens (tertiary/aromatic N) is 2. The van der Waals surface area contributed by atoms with Gasteiger partial charge in [-0.05, 0) is 97.7 Å². The molecular weight excluding hydrogens is 761 g/mol. The molecule has 0 saturated heterocycles. The summed E-state index contributed by atoms with van der Waals surface area (Å²) in [4.78, 5) is 11.9. The number of benzene rings is 9. The van der Waals surface area contributed by atoms with E-state index in [1.807, 2.05) is 18.2 Å². The lowest BCUT2D eigenvalue weighted by molar-refractivity contribution is 0.669. The first-order chi connectivity index (χ1) is 30.2. The Labute approximate surface area is 355 Å². The average molecular weight is 795 g/mol. The minimum Gasteiger partial charge on any atom is -0.456 e. The molecule has 3 nitrogen and oxygen atoms in total. The number of hydrogen-bond donors (Lipinski definition) is 0. The molecule has 3 heterocycles. The first-order valence-electron chi connectivity index (χ1n) is 20.7. The van der Waals surface area contributed by atoms with E-state index in [1.165, 1.54) is 48.9 Å². The Bertz CT molecular complexity index is 3670. The molecule has 0 atom stereocenters. The standard InChI is InChI=1S/C57H34N2OS/c1-3-17-40(18-4-1)57(41-19-5-2-6-20-41)47-25-10-7-21-42(47)46-33-39-32-36(29-30-37(39)34-48(46)57)35-15-13-16-38(31-35)53-54(59-56-55(58-53)44-23-9-12-28-51(44)61-56)45-24-14-27-50-52(45)43-22-8-11-26-49(43)60-50/h1-34H. The van der Waals surface area contributed by atoms with Gasteiger partial charge in [0.25, 0.3) is 0 Å². The van der Waals surface area contributed by atoms with Gasteiger partial charge in [0.15, 0.2) is 0 Å². The lowest BCUT2D eigenvalue weighted by Crippen LogP contribution is -2.28. The second kappa shape index (κ2) is 13.2. The zero-order valence-electron chi connectivity index (χ0n) is 32.8. The first kappa shape index (κ1) is 34.2. The van der Waals surface area contributed by atoms with Crippen molar-refractivity contribution in [2.75, 3.05) is 0 Å². The number of rotatable bonds is 5. The van der Waals surface area contributed by atoms with Crippen molar-refractivity contribution >= 4 is 64.5 Å². The third-order valence-electron chi connectivity index (χ3n) is 12.8. The second-order valence-corrected chi connectivity index (χ2v) is 17.0. The maximum absolute atomic E-state index is 6.37. The van der Waals surface area contributed by atoms with Gasteiger partial charge in [-0.2, -0.15) is 0 Å². The van der Waals surface area contributed by atoms with E-state index in [0.717, 1.165) is 71.3 Å². The molecule has 13 rings (SSSR count). The number of fused-ring (bicyclic) bond motifs is 10. The molecule has 0 unspecified atom stereocenters. The summed E-state index contributed by atoms with van der Waals surface area (Å²) in [5, 5.41) is 5.67. The Morgan fingerprint density at radius 3 is 1.93 bits per heavy atom. The van der Waals surface area contributed by atoms with Crippen LogP contribution in [0.15, 0.2) is 211 Å². The Morgan fingerprint density at radius 2 is 1.08 bits per heavy atom. The largest absolute Gasteiger partial charge is 0.456 e. The van der Waals surface area contributed by atoms with Crippen LogP contribution in [0.2, 0.25) is 0 Å². The van der Waals surface area contributed by atoms with Crippen molar-refractivity contribution in [2.45, 2.75) is 5.41 Å². The third-order valence-corrected chi connectivity index (χ3v) is 13.8. The Kier molecular flexibility index (Phi) is 7.39. The summed E-state index contributed by atoms with van der Waals surface area (Å²) in [5.74, 6) is 0. The zero-order chi connectivity index (χ0) is 40.1. The Balaban J connectivity index is 0.998. The van der Waals surface area contributed by atoms with Crippen molar-refractivity contribution in [1.82, 2.24) is 9.97 Å². The maximum atomic E-state index is 6.37. The van der Waals surface area contributed by atoms with Gasteiger partial charge in [-0.15, -0.1) is 11.3 Å². The van der Waals surface area contributed by atoms with Gasteiger partial charge in [0.1, 0.15) is 21.5 Å². The van der Waals surface area contributed by atoms with Crippen LogP contribution in [0, 0.1) is 0 Å². The van der Waals surface area contributed by atoms with E-state index in [4.69, 9.17) is 14.4 Å². The summed E-state index contributed by atoms with van der Waals surface area (Å²) < 4.78 is 7.54. The van der Waals surface area contributed by atoms with Crippen molar-refractivity contribution in [3.63, 3.8) is 0 Å². The van der Waals surface area contributed by atoms with Gasteiger partial charge in [-0.25, -0.2) is 9.97 Å². The summed E-state index contributed by atoms with van der Waals surface area (Å²) in [7, 11) is 0. The lowest BCUT2D eigenvalue weighted by Gasteiger charge is -2.34. The maximum Gasteiger partial charge on any atom is 0.143 e. The highest BCUT2D eigenvalue weighted by Crippen LogP contribution is 2.57. The summed E-state index contributed by atoms with van der Waals surface area (Å²) in [5.41, 5.74) is 15.9. The summed E-state index contributed by atoms with van der Waals surface area (Å²) in [6.45, 7) is 0. The number of aromatic nitrogens is 2. The predicted octanol–water partition coefficient (Wildman–Crippen LogP) is 15.3. The van der Waals surface area contributed by atoms with Crippen LogP contribution in [0.25, 0.3) is 97.9 Å². The van der Waals surface area contributed by atoms with Gasteiger partial charge in [-0.3, -0.25) is 0 Å². The Hall–Kier alpha value is -7.66. The molecule has 0 aliphatic heterocycles. The SMILES string of the molecule is c1ccc(C2(c3ccccc3)c3ccccc3-c3cc4cc(-c5cccc(-c6nc7c(nc6-c6cccc8oc9ccccc9c68)sc6ccccc67)c5)ccc4cc32)cc1. The monoisotopic (exact) mass is 794 g/mol. The normalized spacial score (nSPS) is 13.0. The van der Waals surface area contributed by atoms with Crippen molar-refractivity contribution in [3.8, 4) is 44.8 Å². The molecule has 0 saturated carbocycles. The smallest absolute Gasteiger partial charge is 0.143 e. The van der Waals surface area contributed by atoms with Crippen LogP contribution in [0.1, 0.15) is 22.3 Å². The van der Waals surface area contributed by atoms with E-state index in [0.29, 0.717) is 0 Å². The third kappa shape index (κ3) is 5.03. The second-order valence-electron chi connectivity index (χ2n) is 16.0. The molecule has 0 radical (unpaired) electrons. The number of hydrogen-bond acceptors (Lipinski definition) is 4. The van der Waals surface area contributed by atoms with E-state index in [1.54, 1.807) is 11.3 Å². The van der Waals surface area contributed by atoms with Crippen molar-refractivity contribution in [2.24, 2.45) is 0 Å². The molecule has 0 N–H and O–H groups in total. The molecule has 0 spiro atoms. The molecule has 61 heavy (non-hydrogen) atoms. The molecule has 0 amide bonds. The van der Waals surface area contributed by atoms with Gasteiger partial charge in [0.2, 0.25) is 0 Å². The molecular formula is C57H34N2OS. The molecule has 3 aromatic heterocycles. The van der Waals surface area contributed by atoms with Gasteiger partial charge in [0, 0.05) is 32.0 Å². The van der Waals surface area contributed by atoms with E-state index in [2.05, 4.69) is 188 Å². The first-order valence-corrected chi connectivity index (χ1v) is 21.5. The fourth-order valence-corrected chi connectivity index (χ4v) is 11.1. The highest BCUT2D eigenvalue weighted by molar-refractivity contribution is 7.25. The summed E-state index contributed by atoms with van der Waals surface area (Å²) >= 11 is 1.69. The lowest BCUT2D eigenvalue weighted by atomic mass is 9.67. The summed E-state index contributed by atoms with van der Waals surface area (Å²) in [6, 6.07) is 74.5. The van der Waals surface area contributed by atoms with Crippen molar-refractivity contribution in [1.29, 1.82) is 0 Å². The van der Waals surface area contributed by atoms with E-state index in [-0.39, 0.29) is 0 Å². The van der Waals surface area contributed by atoms with Crippen LogP contribution < -0.4 is 0 Å². The minimum atomic E-state index is -0.434. The van der Waals surface area contributed by atoms with Crippen LogP contribution in [0.3, 0.4) is 0 Å².